The van der Waals surface area contributed by atoms with E-state index in [0.717, 1.165) is 16.9 Å². The van der Waals surface area contributed by atoms with Crippen molar-refractivity contribution in [3.8, 4) is 0 Å². The van der Waals surface area contributed by atoms with Crippen molar-refractivity contribution < 1.29 is 9.18 Å². The van der Waals surface area contributed by atoms with Gasteiger partial charge in [0.1, 0.15) is 5.82 Å². The monoisotopic (exact) mass is 249 g/mol. The van der Waals surface area contributed by atoms with Crippen molar-refractivity contribution in [2.24, 2.45) is 0 Å². The van der Waals surface area contributed by atoms with E-state index >= 15 is 0 Å². The zero-order chi connectivity index (χ0) is 12.3. The first-order valence-electron chi connectivity index (χ1n) is 5.19. The molecule has 88 valence electrons. The van der Waals surface area contributed by atoms with Gasteiger partial charge < -0.3 is 4.90 Å². The van der Waals surface area contributed by atoms with Crippen molar-refractivity contribution in [2.75, 3.05) is 11.9 Å². The smallest absolute Gasteiger partial charge is 0.160 e. The van der Waals surface area contributed by atoms with Crippen LogP contribution in [0.1, 0.15) is 15.2 Å². The van der Waals surface area contributed by atoms with E-state index < -0.39 is 0 Å². The Morgan fingerprint density at radius 1 is 1.35 bits per heavy atom. The van der Waals surface area contributed by atoms with Gasteiger partial charge in [0.25, 0.3) is 0 Å². The molecule has 0 saturated heterocycles. The topological polar surface area (TPSA) is 20.3 Å². The van der Waals surface area contributed by atoms with E-state index in [4.69, 9.17) is 0 Å². The number of thiophene rings is 1. The number of hydrogen-bond donors (Lipinski definition) is 0. The Balaban J connectivity index is 2.10. The van der Waals surface area contributed by atoms with Crippen molar-refractivity contribution in [1.29, 1.82) is 0 Å². The summed E-state index contributed by atoms with van der Waals surface area (Å²) in [6, 6.07) is 10.2. The van der Waals surface area contributed by atoms with Gasteiger partial charge >= 0.3 is 0 Å². The minimum Gasteiger partial charge on any atom is -0.362 e. The number of carbonyl (C=O) groups is 1. The van der Waals surface area contributed by atoms with Crippen molar-refractivity contribution in [3.05, 3.63) is 52.7 Å². The zero-order valence-electron chi connectivity index (χ0n) is 9.39. The van der Waals surface area contributed by atoms with E-state index in [9.17, 15) is 9.18 Å². The van der Waals surface area contributed by atoms with Gasteiger partial charge in [-0.3, -0.25) is 4.79 Å². The van der Waals surface area contributed by atoms with Gasteiger partial charge in [-0.25, -0.2) is 4.39 Å². The molecule has 0 atom stereocenters. The lowest BCUT2D eigenvalue weighted by atomic mass is 10.2. The van der Waals surface area contributed by atoms with Crippen LogP contribution in [0.5, 0.6) is 0 Å². The standard InChI is InChI=1S/C13H12FNOS/c1-15(13-6-5-12(9-16)17-13)8-10-3-2-4-11(14)7-10/h2-7,9H,8H2,1H3. The molecular weight excluding hydrogens is 237 g/mol. The van der Waals surface area contributed by atoms with Gasteiger partial charge in [-0.05, 0) is 29.8 Å². The van der Waals surface area contributed by atoms with E-state index in [1.165, 1.54) is 23.5 Å². The molecule has 4 heteroatoms. The largest absolute Gasteiger partial charge is 0.362 e. The zero-order valence-corrected chi connectivity index (χ0v) is 10.2. The molecule has 2 nitrogen and oxygen atoms in total. The van der Waals surface area contributed by atoms with Crippen LogP contribution < -0.4 is 4.90 Å². The van der Waals surface area contributed by atoms with Crippen LogP contribution in [0, 0.1) is 5.82 Å². The van der Waals surface area contributed by atoms with Gasteiger partial charge in [0.15, 0.2) is 6.29 Å². The molecule has 0 saturated carbocycles. The molecule has 0 aliphatic heterocycles. The van der Waals surface area contributed by atoms with Gasteiger partial charge in [0, 0.05) is 13.6 Å². The van der Waals surface area contributed by atoms with Crippen molar-refractivity contribution in [2.45, 2.75) is 6.54 Å². The van der Waals surface area contributed by atoms with Crippen LogP contribution in [0.2, 0.25) is 0 Å². The summed E-state index contributed by atoms with van der Waals surface area (Å²) < 4.78 is 13.0. The molecule has 0 N–H and O–H groups in total. The average molecular weight is 249 g/mol. The van der Waals surface area contributed by atoms with Crippen LogP contribution in [-0.2, 0) is 6.54 Å². The third-order valence-electron chi connectivity index (χ3n) is 2.41. The predicted molar refractivity (Wildman–Crippen MR) is 68.2 cm³/mol. The van der Waals surface area contributed by atoms with E-state index in [1.54, 1.807) is 12.1 Å². The third kappa shape index (κ3) is 2.91. The van der Waals surface area contributed by atoms with Crippen LogP contribution in [0.25, 0.3) is 0 Å². The van der Waals surface area contributed by atoms with Gasteiger partial charge in [-0.2, -0.15) is 0 Å². The summed E-state index contributed by atoms with van der Waals surface area (Å²) in [6.07, 6.45) is 0.837. The fourth-order valence-electron chi connectivity index (χ4n) is 1.60. The number of hydrogen-bond acceptors (Lipinski definition) is 3. The minimum absolute atomic E-state index is 0.226. The first-order chi connectivity index (χ1) is 8.19. The highest BCUT2D eigenvalue weighted by molar-refractivity contribution is 7.17. The van der Waals surface area contributed by atoms with Crippen LogP contribution >= 0.6 is 11.3 Å². The summed E-state index contributed by atoms with van der Waals surface area (Å²) in [4.78, 5) is 13.3. The summed E-state index contributed by atoms with van der Waals surface area (Å²) in [5.41, 5.74) is 0.911. The lowest BCUT2D eigenvalue weighted by Gasteiger charge is -2.16. The lowest BCUT2D eigenvalue weighted by Crippen LogP contribution is -2.14. The summed E-state index contributed by atoms with van der Waals surface area (Å²) in [6.45, 7) is 0.622. The highest BCUT2D eigenvalue weighted by Gasteiger charge is 2.06. The van der Waals surface area contributed by atoms with E-state index in [1.807, 2.05) is 24.1 Å². The second-order valence-electron chi connectivity index (χ2n) is 3.78. The molecule has 0 fully saturated rings. The number of anilines is 1. The summed E-state index contributed by atoms with van der Waals surface area (Å²) in [5, 5.41) is 0.997. The number of halogens is 1. The second kappa shape index (κ2) is 5.10. The van der Waals surface area contributed by atoms with Crippen LogP contribution in [0.3, 0.4) is 0 Å². The predicted octanol–water partition coefficient (Wildman–Crippen LogP) is 3.34. The van der Waals surface area contributed by atoms with Crippen LogP contribution in [0.15, 0.2) is 36.4 Å². The number of rotatable bonds is 4. The highest BCUT2D eigenvalue weighted by atomic mass is 32.1. The van der Waals surface area contributed by atoms with Crippen molar-refractivity contribution in [1.82, 2.24) is 0 Å². The average Bonchev–Trinajstić information content (AvgIpc) is 2.77. The van der Waals surface area contributed by atoms with E-state index in [-0.39, 0.29) is 5.82 Å². The maximum Gasteiger partial charge on any atom is 0.160 e. The molecule has 0 unspecified atom stereocenters. The fourth-order valence-corrected chi connectivity index (χ4v) is 2.38. The normalized spacial score (nSPS) is 10.2. The summed E-state index contributed by atoms with van der Waals surface area (Å²) in [5.74, 6) is -0.226. The molecule has 0 spiro atoms. The number of carbonyl (C=O) groups excluding carboxylic acids is 1. The Morgan fingerprint density at radius 2 is 2.18 bits per heavy atom. The third-order valence-corrected chi connectivity index (χ3v) is 3.54. The molecule has 0 bridgehead atoms. The Morgan fingerprint density at radius 3 is 2.82 bits per heavy atom. The van der Waals surface area contributed by atoms with Crippen molar-refractivity contribution >= 4 is 22.6 Å². The molecule has 2 rings (SSSR count). The Hall–Kier alpha value is -1.68. The van der Waals surface area contributed by atoms with Crippen LogP contribution in [0.4, 0.5) is 9.39 Å². The molecule has 0 radical (unpaired) electrons. The SMILES string of the molecule is CN(Cc1cccc(F)c1)c1ccc(C=O)s1. The Bertz CT molecular complexity index is 524. The van der Waals surface area contributed by atoms with Crippen LogP contribution in [-0.4, -0.2) is 13.3 Å². The molecule has 1 aromatic heterocycles. The molecule has 0 aliphatic rings. The summed E-state index contributed by atoms with van der Waals surface area (Å²) >= 11 is 1.43. The van der Waals surface area contributed by atoms with E-state index in [0.29, 0.717) is 11.4 Å². The highest BCUT2D eigenvalue weighted by Crippen LogP contribution is 2.25. The molecular formula is C13H12FNOS. The molecule has 17 heavy (non-hydrogen) atoms. The quantitative estimate of drug-likeness (QED) is 0.775. The second-order valence-corrected chi connectivity index (χ2v) is 4.87. The number of aldehydes is 1. The molecule has 1 aromatic carbocycles. The number of nitrogens with zero attached hydrogens (tertiary/aromatic N) is 1. The molecule has 0 amide bonds. The van der Waals surface area contributed by atoms with Crippen molar-refractivity contribution in [3.63, 3.8) is 0 Å². The maximum absolute atomic E-state index is 13.0. The Kier molecular flexibility index (Phi) is 3.54. The van der Waals surface area contributed by atoms with Gasteiger partial charge in [-0.15, -0.1) is 11.3 Å². The van der Waals surface area contributed by atoms with Gasteiger partial charge in [-0.1, -0.05) is 12.1 Å². The van der Waals surface area contributed by atoms with Gasteiger partial charge in [0.2, 0.25) is 0 Å². The molecule has 0 aliphatic carbocycles. The lowest BCUT2D eigenvalue weighted by molar-refractivity contribution is 0.112. The number of benzene rings is 1. The van der Waals surface area contributed by atoms with E-state index in [2.05, 4.69) is 0 Å². The first-order valence-corrected chi connectivity index (χ1v) is 6.01. The van der Waals surface area contributed by atoms with Gasteiger partial charge in [0.05, 0.1) is 9.88 Å². The Labute approximate surface area is 103 Å². The fraction of sp³-hybridized carbons (Fsp3) is 0.154. The molecule has 2 aromatic rings. The molecule has 1 heterocycles. The first kappa shape index (κ1) is 11.8. The maximum atomic E-state index is 13.0. The summed E-state index contributed by atoms with van der Waals surface area (Å²) in [7, 11) is 1.92. The minimum atomic E-state index is -0.226.